The van der Waals surface area contributed by atoms with Crippen molar-refractivity contribution in [3.8, 4) is 17.0 Å². The van der Waals surface area contributed by atoms with Gasteiger partial charge < -0.3 is 25.6 Å². The van der Waals surface area contributed by atoms with Crippen molar-refractivity contribution in [1.82, 2.24) is 25.2 Å². The van der Waals surface area contributed by atoms with Crippen LogP contribution in [0.2, 0.25) is 0 Å². The lowest BCUT2D eigenvalue weighted by atomic mass is 10.1. The first-order valence-corrected chi connectivity index (χ1v) is 9.23. The van der Waals surface area contributed by atoms with Gasteiger partial charge in [-0.15, -0.1) is 0 Å². The van der Waals surface area contributed by atoms with Gasteiger partial charge in [0.1, 0.15) is 18.5 Å². The van der Waals surface area contributed by atoms with E-state index < -0.39 is 18.6 Å². The van der Waals surface area contributed by atoms with Crippen LogP contribution in [0.15, 0.2) is 67.1 Å². The van der Waals surface area contributed by atoms with E-state index in [0.29, 0.717) is 28.4 Å². The van der Waals surface area contributed by atoms with Crippen molar-refractivity contribution in [2.45, 2.75) is 6.10 Å². The standard InChI is InChI=1S/C21H23N5O4/c1-14(9-10-22-2)24-21(29)18-11-23-20-8-7-17(25-26(18)20)16-5-3-4-6-19(16)30-13-15(28)12-27/h3-11,15,22,27-28H,1,12-13H2,2H3,(H,24,29)/b10-9-/t15-/m1/s1. The maximum atomic E-state index is 12.6. The van der Waals surface area contributed by atoms with E-state index in [0.717, 1.165) is 0 Å². The van der Waals surface area contributed by atoms with Crippen LogP contribution in [0.1, 0.15) is 10.5 Å². The molecule has 3 rings (SSSR count). The molecule has 1 amide bonds. The summed E-state index contributed by atoms with van der Waals surface area (Å²) in [5.41, 5.74) is 2.40. The van der Waals surface area contributed by atoms with E-state index in [-0.39, 0.29) is 12.3 Å². The van der Waals surface area contributed by atoms with Crippen LogP contribution in [0, 0.1) is 0 Å². The third kappa shape index (κ3) is 4.83. The first-order chi connectivity index (χ1) is 14.5. The second-order valence-electron chi connectivity index (χ2n) is 6.38. The molecule has 0 radical (unpaired) electrons. The highest BCUT2D eigenvalue weighted by atomic mass is 16.5. The summed E-state index contributed by atoms with van der Waals surface area (Å²) in [6.07, 6.45) is 3.74. The van der Waals surface area contributed by atoms with E-state index in [1.54, 1.807) is 43.6 Å². The molecule has 0 saturated heterocycles. The third-order valence-corrected chi connectivity index (χ3v) is 4.13. The Morgan fingerprint density at radius 1 is 1.33 bits per heavy atom. The summed E-state index contributed by atoms with van der Waals surface area (Å²) in [5, 5.41) is 28.6. The Kier molecular flexibility index (Phi) is 6.79. The Morgan fingerprint density at radius 3 is 2.90 bits per heavy atom. The highest BCUT2D eigenvalue weighted by Crippen LogP contribution is 2.28. The monoisotopic (exact) mass is 409 g/mol. The van der Waals surface area contributed by atoms with Gasteiger partial charge in [-0.05, 0) is 36.5 Å². The van der Waals surface area contributed by atoms with E-state index in [2.05, 4.69) is 27.3 Å². The summed E-state index contributed by atoms with van der Waals surface area (Å²) in [5.74, 6) is 0.0991. The average Bonchev–Trinajstić information content (AvgIpc) is 3.19. The van der Waals surface area contributed by atoms with Crippen molar-refractivity contribution in [3.63, 3.8) is 0 Å². The Labute approximate surface area is 173 Å². The number of imidazole rings is 1. The molecule has 0 unspecified atom stereocenters. The Bertz CT molecular complexity index is 1080. The molecule has 9 nitrogen and oxygen atoms in total. The summed E-state index contributed by atoms with van der Waals surface area (Å²) in [6, 6.07) is 10.7. The minimum atomic E-state index is -0.984. The number of benzene rings is 1. The van der Waals surface area contributed by atoms with E-state index in [9.17, 15) is 9.90 Å². The number of aromatic nitrogens is 3. The molecular formula is C21H23N5O4. The molecule has 0 saturated carbocycles. The molecule has 0 aliphatic carbocycles. The Morgan fingerprint density at radius 2 is 2.13 bits per heavy atom. The number of hydrogen-bond donors (Lipinski definition) is 4. The third-order valence-electron chi connectivity index (χ3n) is 4.13. The maximum absolute atomic E-state index is 12.6. The van der Waals surface area contributed by atoms with Crippen molar-refractivity contribution in [2.75, 3.05) is 20.3 Å². The van der Waals surface area contributed by atoms with Gasteiger partial charge in [-0.1, -0.05) is 18.7 Å². The van der Waals surface area contributed by atoms with Gasteiger partial charge in [0.25, 0.3) is 5.91 Å². The lowest BCUT2D eigenvalue weighted by Crippen LogP contribution is -2.23. The zero-order valence-electron chi connectivity index (χ0n) is 16.4. The van der Waals surface area contributed by atoms with E-state index >= 15 is 0 Å². The zero-order valence-corrected chi connectivity index (χ0v) is 16.4. The SMILES string of the molecule is C=C(/C=C\NC)NC(=O)c1cnc2ccc(-c3ccccc3OC[C@H](O)CO)nn12. The first kappa shape index (κ1) is 21.0. The molecule has 30 heavy (non-hydrogen) atoms. The molecule has 0 aliphatic heterocycles. The van der Waals surface area contributed by atoms with E-state index in [1.165, 1.54) is 10.7 Å². The van der Waals surface area contributed by atoms with Crippen LogP contribution in [0.4, 0.5) is 0 Å². The van der Waals surface area contributed by atoms with Crippen molar-refractivity contribution >= 4 is 11.6 Å². The minimum Gasteiger partial charge on any atom is -0.490 e. The number of nitrogens with one attached hydrogen (secondary N) is 2. The van der Waals surface area contributed by atoms with Crippen LogP contribution >= 0.6 is 0 Å². The van der Waals surface area contributed by atoms with Gasteiger partial charge in [-0.25, -0.2) is 9.50 Å². The number of aliphatic hydroxyl groups is 2. The summed E-state index contributed by atoms with van der Waals surface area (Å²) in [6.45, 7) is 3.32. The smallest absolute Gasteiger partial charge is 0.275 e. The quantitative estimate of drug-likeness (QED) is 0.391. The molecule has 9 heteroatoms. The van der Waals surface area contributed by atoms with Gasteiger partial charge in [0, 0.05) is 18.3 Å². The highest BCUT2D eigenvalue weighted by molar-refractivity contribution is 5.94. The summed E-state index contributed by atoms with van der Waals surface area (Å²) in [4.78, 5) is 16.8. The number of allylic oxidation sites excluding steroid dienone is 1. The number of ether oxygens (including phenoxy) is 1. The van der Waals surface area contributed by atoms with Crippen molar-refractivity contribution in [2.24, 2.45) is 0 Å². The second kappa shape index (κ2) is 9.68. The molecule has 2 heterocycles. The predicted molar refractivity (Wildman–Crippen MR) is 112 cm³/mol. The van der Waals surface area contributed by atoms with Crippen LogP contribution in [0.3, 0.4) is 0 Å². The molecule has 156 valence electrons. The number of aliphatic hydroxyl groups excluding tert-OH is 2. The first-order valence-electron chi connectivity index (χ1n) is 9.23. The van der Waals surface area contributed by atoms with Crippen LogP contribution in [-0.2, 0) is 0 Å². The molecule has 1 atom stereocenters. The number of carbonyl (C=O) groups excluding carboxylic acids is 1. The summed E-state index contributed by atoms with van der Waals surface area (Å²) >= 11 is 0. The van der Waals surface area contributed by atoms with Gasteiger partial charge in [0.15, 0.2) is 11.3 Å². The largest absolute Gasteiger partial charge is 0.490 e. The van der Waals surface area contributed by atoms with Crippen molar-refractivity contribution in [3.05, 3.63) is 72.8 Å². The number of nitrogens with zero attached hydrogens (tertiary/aromatic N) is 3. The van der Waals surface area contributed by atoms with Crippen LogP contribution in [0.5, 0.6) is 5.75 Å². The number of rotatable bonds is 9. The van der Waals surface area contributed by atoms with E-state index in [1.807, 2.05) is 12.1 Å². The maximum Gasteiger partial charge on any atom is 0.275 e. The van der Waals surface area contributed by atoms with Gasteiger partial charge >= 0.3 is 0 Å². The van der Waals surface area contributed by atoms with E-state index in [4.69, 9.17) is 9.84 Å². The molecule has 1 aromatic carbocycles. The lowest BCUT2D eigenvalue weighted by Gasteiger charge is -2.13. The van der Waals surface area contributed by atoms with Gasteiger partial charge in [0.05, 0.1) is 18.5 Å². The van der Waals surface area contributed by atoms with Gasteiger partial charge in [-0.3, -0.25) is 4.79 Å². The fraction of sp³-hybridized carbons (Fsp3) is 0.190. The fourth-order valence-electron chi connectivity index (χ4n) is 2.65. The topological polar surface area (TPSA) is 121 Å². The van der Waals surface area contributed by atoms with Crippen LogP contribution in [-0.4, -0.2) is 57.1 Å². The second-order valence-corrected chi connectivity index (χ2v) is 6.38. The molecule has 2 aromatic heterocycles. The predicted octanol–water partition coefficient (Wildman–Crippen LogP) is 1.10. The summed E-state index contributed by atoms with van der Waals surface area (Å²) in [7, 11) is 1.74. The molecule has 3 aromatic rings. The number of amides is 1. The minimum absolute atomic E-state index is 0.0588. The zero-order chi connectivity index (χ0) is 21.5. The van der Waals surface area contributed by atoms with Gasteiger partial charge in [0.2, 0.25) is 0 Å². The number of carbonyl (C=O) groups is 1. The summed E-state index contributed by atoms with van der Waals surface area (Å²) < 4.78 is 7.07. The number of fused-ring (bicyclic) bond motifs is 1. The fourth-order valence-corrected chi connectivity index (χ4v) is 2.65. The van der Waals surface area contributed by atoms with Crippen molar-refractivity contribution in [1.29, 1.82) is 0 Å². The molecule has 0 bridgehead atoms. The van der Waals surface area contributed by atoms with Crippen molar-refractivity contribution < 1.29 is 19.7 Å². The highest BCUT2D eigenvalue weighted by Gasteiger charge is 2.16. The Balaban J connectivity index is 1.91. The van der Waals surface area contributed by atoms with Crippen LogP contribution in [0.25, 0.3) is 16.9 Å². The number of para-hydroxylation sites is 1. The van der Waals surface area contributed by atoms with Gasteiger partial charge in [-0.2, -0.15) is 5.10 Å². The molecular weight excluding hydrogens is 386 g/mol. The molecule has 0 spiro atoms. The average molecular weight is 409 g/mol. The normalized spacial score (nSPS) is 12.1. The Hall–Kier alpha value is -3.69. The van der Waals surface area contributed by atoms with Crippen LogP contribution < -0.4 is 15.4 Å². The molecule has 0 fully saturated rings. The molecule has 4 N–H and O–H groups in total. The lowest BCUT2D eigenvalue weighted by molar-refractivity contribution is 0.0538. The molecule has 0 aliphatic rings. The number of hydrogen-bond acceptors (Lipinski definition) is 7.